The lowest BCUT2D eigenvalue weighted by molar-refractivity contribution is -0.122. The number of halogens is 2. The molecule has 1 saturated heterocycles. The third-order valence-electron chi connectivity index (χ3n) is 3.66. The zero-order valence-electron chi connectivity index (χ0n) is 13.5. The predicted octanol–water partition coefficient (Wildman–Crippen LogP) is 1.21. The van der Waals surface area contributed by atoms with E-state index in [1.807, 2.05) is 0 Å². The maximum absolute atomic E-state index is 13.9. The van der Waals surface area contributed by atoms with Gasteiger partial charge in [-0.05, 0) is 24.6 Å². The zero-order valence-corrected chi connectivity index (χ0v) is 15.2. The van der Waals surface area contributed by atoms with E-state index < -0.39 is 21.7 Å². The molecule has 2 atom stereocenters. The second kappa shape index (κ2) is 8.75. The highest BCUT2D eigenvalue weighted by Crippen LogP contribution is 2.20. The summed E-state index contributed by atoms with van der Waals surface area (Å²) in [5, 5.41) is 5.96. The molecule has 2 N–H and O–H groups in total. The molecule has 136 valence electrons. The zero-order chi connectivity index (χ0) is 17.0. The molecular weight excluding hydrogens is 359 g/mol. The monoisotopic (exact) mass is 380 g/mol. The quantitative estimate of drug-likeness (QED) is 0.802. The lowest BCUT2D eigenvalue weighted by Crippen LogP contribution is -2.44. The molecule has 0 bridgehead atoms. The maximum Gasteiger partial charge on any atom is 0.222 e. The number of morpholine rings is 1. The summed E-state index contributed by atoms with van der Waals surface area (Å²) in [6.07, 6.45) is 1.23. The number of rotatable bonds is 5. The van der Waals surface area contributed by atoms with Gasteiger partial charge in [0.05, 0.1) is 19.3 Å². The van der Waals surface area contributed by atoms with Crippen molar-refractivity contribution in [3.63, 3.8) is 0 Å². The van der Waals surface area contributed by atoms with Crippen molar-refractivity contribution in [1.82, 2.24) is 10.6 Å². The molecule has 0 spiro atoms. The lowest BCUT2D eigenvalue weighted by atomic mass is 10.1. The molecule has 24 heavy (non-hydrogen) atoms. The summed E-state index contributed by atoms with van der Waals surface area (Å²) >= 11 is 0. The lowest BCUT2D eigenvalue weighted by Gasteiger charge is -2.24. The van der Waals surface area contributed by atoms with Crippen LogP contribution in [0.3, 0.4) is 0 Å². The molecular formula is C15H22ClFN2O4S. The van der Waals surface area contributed by atoms with E-state index >= 15 is 0 Å². The predicted molar refractivity (Wildman–Crippen MR) is 90.5 cm³/mol. The molecule has 2 rings (SSSR count). The number of ether oxygens (including phenoxy) is 1. The fourth-order valence-corrected chi connectivity index (χ4v) is 3.17. The molecule has 1 aliphatic heterocycles. The number of nitrogens with one attached hydrogen (secondary N) is 2. The first-order chi connectivity index (χ1) is 10.8. The average Bonchev–Trinajstić information content (AvgIpc) is 2.46. The summed E-state index contributed by atoms with van der Waals surface area (Å²) in [5.41, 5.74) is 0.510. The molecule has 6 nitrogen and oxygen atoms in total. The Morgan fingerprint density at radius 3 is 2.75 bits per heavy atom. The van der Waals surface area contributed by atoms with Crippen molar-refractivity contribution in [3.05, 3.63) is 29.6 Å². The van der Waals surface area contributed by atoms with Gasteiger partial charge in [-0.25, -0.2) is 12.8 Å². The fourth-order valence-electron chi connectivity index (χ4n) is 2.45. The Hall–Kier alpha value is -1.22. The first kappa shape index (κ1) is 20.8. The van der Waals surface area contributed by atoms with Crippen LogP contribution in [0.5, 0.6) is 0 Å². The van der Waals surface area contributed by atoms with E-state index in [1.165, 1.54) is 12.1 Å². The molecule has 0 aliphatic carbocycles. The minimum absolute atomic E-state index is 0. The third-order valence-corrected chi connectivity index (χ3v) is 4.79. The molecule has 1 aromatic rings. The molecule has 2 unspecified atom stereocenters. The Bertz CT molecular complexity index is 678. The number of hydrogen-bond donors (Lipinski definition) is 2. The number of benzene rings is 1. The number of amides is 1. The third kappa shape index (κ3) is 5.70. The Labute approximate surface area is 147 Å². The van der Waals surface area contributed by atoms with Crippen molar-refractivity contribution in [2.24, 2.45) is 0 Å². The summed E-state index contributed by atoms with van der Waals surface area (Å²) < 4.78 is 42.0. The maximum atomic E-state index is 13.9. The Morgan fingerprint density at radius 1 is 1.50 bits per heavy atom. The van der Waals surface area contributed by atoms with E-state index in [0.29, 0.717) is 25.3 Å². The fraction of sp³-hybridized carbons (Fsp3) is 0.533. The van der Waals surface area contributed by atoms with Gasteiger partial charge < -0.3 is 15.4 Å². The molecule has 1 aromatic carbocycles. The number of hydrogen-bond acceptors (Lipinski definition) is 5. The molecule has 1 heterocycles. The van der Waals surface area contributed by atoms with Gasteiger partial charge in [-0.2, -0.15) is 0 Å². The van der Waals surface area contributed by atoms with Crippen LogP contribution in [0.25, 0.3) is 0 Å². The van der Waals surface area contributed by atoms with E-state index in [1.54, 1.807) is 6.92 Å². The molecule has 1 amide bonds. The summed E-state index contributed by atoms with van der Waals surface area (Å²) in [6.45, 7) is 3.56. The number of sulfone groups is 1. The molecule has 1 fully saturated rings. The van der Waals surface area contributed by atoms with Crippen molar-refractivity contribution < 1.29 is 22.3 Å². The van der Waals surface area contributed by atoms with Crippen LogP contribution in [0, 0.1) is 5.82 Å². The van der Waals surface area contributed by atoms with Gasteiger partial charge in [-0.15, -0.1) is 12.4 Å². The standard InChI is InChI=1S/C15H21FN2O4S.ClH/c1-10(18-15(19)8-12-9-22-6-5-17-12)11-3-4-14(13(16)7-11)23(2,20)21;/h3-4,7,10,12,17H,5-6,8-9H2,1-2H3,(H,18,19);1H. The smallest absolute Gasteiger partial charge is 0.222 e. The van der Waals surface area contributed by atoms with Crippen LogP contribution in [0.4, 0.5) is 4.39 Å². The minimum atomic E-state index is -3.60. The topological polar surface area (TPSA) is 84.5 Å². The molecule has 9 heteroatoms. The van der Waals surface area contributed by atoms with Crippen molar-refractivity contribution in [2.45, 2.75) is 30.3 Å². The van der Waals surface area contributed by atoms with Crippen LogP contribution in [-0.4, -0.2) is 46.4 Å². The van der Waals surface area contributed by atoms with E-state index in [-0.39, 0.29) is 35.7 Å². The van der Waals surface area contributed by atoms with Gasteiger partial charge in [0.1, 0.15) is 10.7 Å². The normalized spacial score (nSPS) is 19.2. The highest BCUT2D eigenvalue weighted by atomic mass is 35.5. The SMILES string of the molecule is CC(NC(=O)CC1COCCN1)c1ccc(S(C)(=O)=O)c(F)c1.Cl. The van der Waals surface area contributed by atoms with Crippen molar-refractivity contribution >= 4 is 28.2 Å². The van der Waals surface area contributed by atoms with Gasteiger partial charge in [0.25, 0.3) is 0 Å². The summed E-state index contributed by atoms with van der Waals surface area (Å²) in [4.78, 5) is 11.7. The highest BCUT2D eigenvalue weighted by Gasteiger charge is 2.20. The minimum Gasteiger partial charge on any atom is -0.378 e. The second-order valence-corrected chi connectivity index (χ2v) is 7.67. The van der Waals surface area contributed by atoms with Crippen LogP contribution in [-0.2, 0) is 19.4 Å². The van der Waals surface area contributed by atoms with Gasteiger partial charge in [-0.3, -0.25) is 4.79 Å². The van der Waals surface area contributed by atoms with Gasteiger partial charge in [0, 0.05) is 25.3 Å². The number of carbonyl (C=O) groups is 1. The van der Waals surface area contributed by atoms with Gasteiger partial charge >= 0.3 is 0 Å². The Kier molecular flexibility index (Phi) is 7.59. The average molecular weight is 381 g/mol. The van der Waals surface area contributed by atoms with Crippen molar-refractivity contribution in [2.75, 3.05) is 26.0 Å². The first-order valence-corrected chi connectivity index (χ1v) is 9.26. The largest absolute Gasteiger partial charge is 0.378 e. The molecule has 1 aliphatic rings. The van der Waals surface area contributed by atoms with E-state index in [2.05, 4.69) is 10.6 Å². The van der Waals surface area contributed by atoms with Crippen LogP contribution in [0.1, 0.15) is 24.9 Å². The van der Waals surface area contributed by atoms with Gasteiger partial charge in [-0.1, -0.05) is 6.07 Å². The van der Waals surface area contributed by atoms with Crippen LogP contribution < -0.4 is 10.6 Å². The summed E-state index contributed by atoms with van der Waals surface area (Å²) in [5.74, 6) is -0.985. The Morgan fingerprint density at radius 2 is 2.21 bits per heavy atom. The van der Waals surface area contributed by atoms with E-state index in [0.717, 1.165) is 12.3 Å². The van der Waals surface area contributed by atoms with Crippen LogP contribution in [0.2, 0.25) is 0 Å². The highest BCUT2D eigenvalue weighted by molar-refractivity contribution is 7.90. The van der Waals surface area contributed by atoms with Crippen molar-refractivity contribution in [3.8, 4) is 0 Å². The summed E-state index contributed by atoms with van der Waals surface area (Å²) in [7, 11) is -3.60. The molecule has 0 radical (unpaired) electrons. The van der Waals surface area contributed by atoms with Crippen LogP contribution in [0.15, 0.2) is 23.1 Å². The molecule has 0 aromatic heterocycles. The van der Waals surface area contributed by atoms with E-state index in [9.17, 15) is 17.6 Å². The van der Waals surface area contributed by atoms with Gasteiger partial charge in [0.2, 0.25) is 5.91 Å². The Balaban J connectivity index is 0.00000288. The summed E-state index contributed by atoms with van der Waals surface area (Å²) in [6, 6.07) is 3.42. The molecule has 0 saturated carbocycles. The first-order valence-electron chi connectivity index (χ1n) is 7.37. The second-order valence-electron chi connectivity index (χ2n) is 5.68. The van der Waals surface area contributed by atoms with Crippen molar-refractivity contribution in [1.29, 1.82) is 0 Å². The number of carbonyl (C=O) groups excluding carboxylic acids is 1. The van der Waals surface area contributed by atoms with Crippen LogP contribution >= 0.6 is 12.4 Å². The van der Waals surface area contributed by atoms with Gasteiger partial charge in [0.15, 0.2) is 9.84 Å². The van der Waals surface area contributed by atoms with E-state index in [4.69, 9.17) is 4.74 Å².